The summed E-state index contributed by atoms with van der Waals surface area (Å²) < 4.78 is 6.70. The van der Waals surface area contributed by atoms with Gasteiger partial charge in [0.1, 0.15) is 6.10 Å². The molecular weight excluding hydrogens is 420 g/mol. The van der Waals surface area contributed by atoms with Crippen LogP contribution in [0, 0.1) is 5.92 Å². The van der Waals surface area contributed by atoms with E-state index in [0.29, 0.717) is 30.4 Å². The van der Waals surface area contributed by atoms with E-state index in [1.807, 2.05) is 49.5 Å². The Morgan fingerprint density at radius 1 is 1.11 bits per heavy atom. The zero-order chi connectivity index (χ0) is 19.9. The number of fused-ring (bicyclic) bond motifs is 2. The zero-order valence-electron chi connectivity index (χ0n) is 15.7. The molecule has 0 aromatic heterocycles. The minimum absolute atomic E-state index is 0.0625. The van der Waals surface area contributed by atoms with Crippen LogP contribution in [0.4, 0.5) is 0 Å². The molecule has 2 aromatic rings. The predicted molar refractivity (Wildman–Crippen MR) is 110 cm³/mol. The van der Waals surface area contributed by atoms with Crippen molar-refractivity contribution in [2.45, 2.75) is 37.1 Å². The van der Waals surface area contributed by atoms with Crippen molar-refractivity contribution < 1.29 is 14.3 Å². The second kappa shape index (κ2) is 7.43. The third-order valence-corrected chi connectivity index (χ3v) is 6.55. The molecule has 0 amide bonds. The van der Waals surface area contributed by atoms with Crippen molar-refractivity contribution in [3.63, 3.8) is 0 Å². The number of carbonyl (C=O) groups is 2. The highest BCUT2D eigenvalue weighted by atomic mass is 79.9. The van der Waals surface area contributed by atoms with Crippen molar-refractivity contribution in [1.82, 2.24) is 4.90 Å². The molecule has 0 radical (unpaired) electrons. The molecule has 0 saturated carbocycles. The van der Waals surface area contributed by atoms with Gasteiger partial charge in [-0.15, -0.1) is 0 Å². The highest BCUT2D eigenvalue weighted by Crippen LogP contribution is 2.44. The molecule has 2 saturated heterocycles. The first-order valence-electron chi connectivity index (χ1n) is 9.45. The highest BCUT2D eigenvalue weighted by molar-refractivity contribution is 9.10. The molecule has 2 N–H and O–H groups in total. The van der Waals surface area contributed by atoms with E-state index < -0.39 is 5.66 Å². The van der Waals surface area contributed by atoms with Crippen LogP contribution in [0.3, 0.4) is 0 Å². The summed E-state index contributed by atoms with van der Waals surface area (Å²) in [6.45, 7) is 0. The van der Waals surface area contributed by atoms with Gasteiger partial charge in [-0.05, 0) is 44.2 Å². The minimum atomic E-state index is -0.642. The number of rotatable bonds is 4. The van der Waals surface area contributed by atoms with E-state index in [-0.39, 0.29) is 29.8 Å². The minimum Gasteiger partial charge on any atom is -0.457 e. The Bertz CT molecular complexity index is 904. The Balaban J connectivity index is 1.52. The molecule has 2 fully saturated rings. The van der Waals surface area contributed by atoms with Gasteiger partial charge in [0, 0.05) is 28.4 Å². The Labute approximate surface area is 173 Å². The number of Topliss-reactive ketones (excluding diaryl/α,β-unsaturated/α-hetero) is 1. The van der Waals surface area contributed by atoms with Gasteiger partial charge in [-0.2, -0.15) is 0 Å². The monoisotopic (exact) mass is 442 g/mol. The molecule has 28 heavy (non-hydrogen) atoms. The fourth-order valence-electron chi connectivity index (χ4n) is 4.52. The Kier molecular flexibility index (Phi) is 5.12. The number of piperidine rings is 1. The molecule has 2 aliphatic heterocycles. The predicted octanol–water partition coefficient (Wildman–Crippen LogP) is 3.63. The number of hydrogen-bond donors (Lipinski definition) is 1. The number of benzene rings is 2. The molecular formula is C22H23BrN2O3. The summed E-state index contributed by atoms with van der Waals surface area (Å²) in [5.74, 6) is -0.421. The maximum atomic E-state index is 13.1. The number of esters is 1. The van der Waals surface area contributed by atoms with Gasteiger partial charge in [-0.25, -0.2) is 4.79 Å². The molecule has 0 spiro atoms. The van der Waals surface area contributed by atoms with E-state index in [4.69, 9.17) is 10.5 Å². The Hall–Kier alpha value is -2.02. The fraction of sp³-hybridized carbons (Fsp3) is 0.364. The number of hydrogen-bond acceptors (Lipinski definition) is 5. The standard InChI is InChI=1S/C22H23BrN2O3/c1-25-18-11-16(20(26)15-8-5-9-17(23)10-15)12-22(25,24)13-19(18)28-21(27)14-6-3-2-4-7-14/h2-10,16,18-19H,11-13,24H2,1H3/t16?,18-,19?,22+/m1/s1. The van der Waals surface area contributed by atoms with Gasteiger partial charge >= 0.3 is 5.97 Å². The molecule has 146 valence electrons. The van der Waals surface area contributed by atoms with Gasteiger partial charge in [0.2, 0.25) is 0 Å². The average Bonchev–Trinajstić information content (AvgIpc) is 2.82. The van der Waals surface area contributed by atoms with Crippen LogP contribution in [-0.2, 0) is 4.74 Å². The molecule has 0 aliphatic carbocycles. The topological polar surface area (TPSA) is 72.6 Å². The maximum Gasteiger partial charge on any atom is 0.338 e. The number of halogens is 1. The van der Waals surface area contributed by atoms with Crippen molar-refractivity contribution in [1.29, 1.82) is 0 Å². The number of ketones is 1. The van der Waals surface area contributed by atoms with Crippen LogP contribution in [0.1, 0.15) is 40.0 Å². The lowest BCUT2D eigenvalue weighted by Gasteiger charge is -2.42. The van der Waals surface area contributed by atoms with E-state index >= 15 is 0 Å². The van der Waals surface area contributed by atoms with Gasteiger partial charge in [0.05, 0.1) is 11.2 Å². The fourth-order valence-corrected chi connectivity index (χ4v) is 4.92. The highest BCUT2D eigenvalue weighted by Gasteiger charge is 2.55. The van der Waals surface area contributed by atoms with Crippen molar-refractivity contribution in [3.8, 4) is 0 Å². The molecule has 6 heteroatoms. The second-order valence-corrected chi connectivity index (χ2v) is 8.72. The van der Waals surface area contributed by atoms with Crippen molar-refractivity contribution in [2.75, 3.05) is 7.05 Å². The number of likely N-dealkylation sites (N-methyl/N-ethyl adjacent to an activating group) is 1. The SMILES string of the molecule is CN1[C@@H]2CC(C(=O)c3cccc(Br)c3)C[C@@]1(N)CC2OC(=O)c1ccccc1. The number of ether oxygens (including phenoxy) is 1. The molecule has 5 nitrogen and oxygen atoms in total. The summed E-state index contributed by atoms with van der Waals surface area (Å²) in [7, 11) is 1.96. The molecule has 4 atom stereocenters. The first-order valence-corrected chi connectivity index (χ1v) is 10.2. The molecule has 4 rings (SSSR count). The maximum absolute atomic E-state index is 13.1. The summed E-state index contributed by atoms with van der Waals surface area (Å²) in [5.41, 5.74) is 7.23. The first-order chi connectivity index (χ1) is 13.4. The lowest BCUT2D eigenvalue weighted by atomic mass is 9.82. The summed E-state index contributed by atoms with van der Waals surface area (Å²) in [6, 6.07) is 16.4. The number of carbonyl (C=O) groups excluding carboxylic acids is 2. The van der Waals surface area contributed by atoms with Gasteiger partial charge in [-0.3, -0.25) is 9.69 Å². The largest absolute Gasteiger partial charge is 0.457 e. The number of nitrogens with zero attached hydrogens (tertiary/aromatic N) is 1. The third-order valence-electron chi connectivity index (χ3n) is 6.06. The van der Waals surface area contributed by atoms with Gasteiger partial charge in [-0.1, -0.05) is 46.3 Å². The van der Waals surface area contributed by atoms with Crippen LogP contribution in [0.25, 0.3) is 0 Å². The summed E-state index contributed by atoms with van der Waals surface area (Å²) >= 11 is 3.43. The van der Waals surface area contributed by atoms with E-state index in [2.05, 4.69) is 20.8 Å². The first kappa shape index (κ1) is 19.3. The molecule has 2 heterocycles. The van der Waals surface area contributed by atoms with Gasteiger partial charge < -0.3 is 10.5 Å². The van der Waals surface area contributed by atoms with Crippen LogP contribution in [-0.4, -0.2) is 41.5 Å². The van der Waals surface area contributed by atoms with Crippen LogP contribution >= 0.6 is 15.9 Å². The van der Waals surface area contributed by atoms with Crippen LogP contribution < -0.4 is 5.73 Å². The van der Waals surface area contributed by atoms with Crippen LogP contribution in [0.5, 0.6) is 0 Å². The molecule has 2 aromatic carbocycles. The van der Waals surface area contributed by atoms with E-state index in [1.165, 1.54) is 0 Å². The zero-order valence-corrected chi connectivity index (χ0v) is 17.3. The lowest BCUT2D eigenvalue weighted by molar-refractivity contribution is 0.0109. The average molecular weight is 443 g/mol. The third kappa shape index (κ3) is 3.52. The Morgan fingerprint density at radius 3 is 2.54 bits per heavy atom. The summed E-state index contributed by atoms with van der Waals surface area (Å²) in [4.78, 5) is 27.7. The molecule has 2 aliphatic rings. The van der Waals surface area contributed by atoms with E-state index in [0.717, 1.165) is 4.47 Å². The van der Waals surface area contributed by atoms with Crippen molar-refractivity contribution >= 4 is 27.7 Å². The van der Waals surface area contributed by atoms with Gasteiger partial charge in [0.15, 0.2) is 5.78 Å². The van der Waals surface area contributed by atoms with Crippen molar-refractivity contribution in [2.24, 2.45) is 11.7 Å². The van der Waals surface area contributed by atoms with E-state index in [1.54, 1.807) is 12.1 Å². The quantitative estimate of drug-likeness (QED) is 0.577. The van der Waals surface area contributed by atoms with E-state index in [9.17, 15) is 9.59 Å². The number of nitrogens with two attached hydrogens (primary N) is 1. The molecule has 2 unspecified atom stereocenters. The summed E-state index contributed by atoms with van der Waals surface area (Å²) in [5, 5.41) is 0. The van der Waals surface area contributed by atoms with Crippen molar-refractivity contribution in [3.05, 3.63) is 70.2 Å². The lowest BCUT2D eigenvalue weighted by Crippen LogP contribution is -2.57. The van der Waals surface area contributed by atoms with Gasteiger partial charge in [0.25, 0.3) is 0 Å². The summed E-state index contributed by atoms with van der Waals surface area (Å²) in [6.07, 6.45) is 1.41. The normalized spacial score (nSPS) is 29.5. The smallest absolute Gasteiger partial charge is 0.338 e. The molecule has 2 bridgehead atoms. The van der Waals surface area contributed by atoms with Crippen LogP contribution in [0.15, 0.2) is 59.1 Å². The Morgan fingerprint density at radius 2 is 1.82 bits per heavy atom. The second-order valence-electron chi connectivity index (χ2n) is 7.81. The van der Waals surface area contributed by atoms with Crippen LogP contribution in [0.2, 0.25) is 0 Å².